The van der Waals surface area contributed by atoms with Gasteiger partial charge in [0.1, 0.15) is 0 Å². The molecular weight excluding hydrogens is 228 g/mol. The van der Waals surface area contributed by atoms with Gasteiger partial charge in [-0.1, -0.05) is 13.8 Å². The molecule has 5 heteroatoms. The normalized spacial score (nSPS) is 16.3. The first-order valence-corrected chi connectivity index (χ1v) is 6.73. The lowest BCUT2D eigenvalue weighted by molar-refractivity contribution is 0.564. The standard InChI is InChI=1S/C13H22N4O/c1-10(2)14-8-11-9-15-13(16-12(11)18)17-6-4-3-5-7-17/h9-10,14H,3-8H2,1-2H3,(H,15,16,18). The first-order valence-electron chi connectivity index (χ1n) is 6.73. The first kappa shape index (κ1) is 13.1. The van der Waals surface area contributed by atoms with Crippen LogP contribution in [0, 0.1) is 0 Å². The topological polar surface area (TPSA) is 61.0 Å². The Kier molecular flexibility index (Phi) is 4.36. The summed E-state index contributed by atoms with van der Waals surface area (Å²) in [5, 5.41) is 3.23. The maximum absolute atomic E-state index is 11.9. The highest BCUT2D eigenvalue weighted by Crippen LogP contribution is 2.13. The number of hydrogen-bond acceptors (Lipinski definition) is 4. The van der Waals surface area contributed by atoms with E-state index < -0.39 is 0 Å². The van der Waals surface area contributed by atoms with Crippen LogP contribution in [0.4, 0.5) is 5.95 Å². The van der Waals surface area contributed by atoms with E-state index in [4.69, 9.17) is 0 Å². The van der Waals surface area contributed by atoms with E-state index in [1.165, 1.54) is 19.3 Å². The van der Waals surface area contributed by atoms with E-state index in [1.807, 2.05) is 0 Å². The Bertz CT molecular complexity index is 435. The molecule has 0 aliphatic carbocycles. The molecule has 18 heavy (non-hydrogen) atoms. The Labute approximate surface area is 108 Å². The predicted molar refractivity (Wildman–Crippen MR) is 72.9 cm³/mol. The van der Waals surface area contributed by atoms with Crippen LogP contribution in [0.15, 0.2) is 11.0 Å². The fourth-order valence-electron chi connectivity index (χ4n) is 2.12. The summed E-state index contributed by atoms with van der Waals surface area (Å²) in [7, 11) is 0. The van der Waals surface area contributed by atoms with Gasteiger partial charge in [0, 0.05) is 37.4 Å². The zero-order valence-electron chi connectivity index (χ0n) is 11.2. The fourth-order valence-corrected chi connectivity index (χ4v) is 2.12. The molecule has 0 saturated carbocycles. The van der Waals surface area contributed by atoms with Crippen LogP contribution in [0.2, 0.25) is 0 Å². The van der Waals surface area contributed by atoms with Gasteiger partial charge in [-0.05, 0) is 19.3 Å². The van der Waals surface area contributed by atoms with Crippen LogP contribution in [-0.4, -0.2) is 29.1 Å². The van der Waals surface area contributed by atoms with Gasteiger partial charge in [0.05, 0.1) is 0 Å². The molecular formula is C13H22N4O. The lowest BCUT2D eigenvalue weighted by atomic mass is 10.1. The number of anilines is 1. The summed E-state index contributed by atoms with van der Waals surface area (Å²) < 4.78 is 0. The number of H-pyrrole nitrogens is 1. The van der Waals surface area contributed by atoms with Crippen LogP contribution in [0.25, 0.3) is 0 Å². The highest BCUT2D eigenvalue weighted by molar-refractivity contribution is 5.30. The smallest absolute Gasteiger partial charge is 0.256 e. The Morgan fingerprint density at radius 3 is 2.72 bits per heavy atom. The van der Waals surface area contributed by atoms with Crippen molar-refractivity contribution in [1.82, 2.24) is 15.3 Å². The summed E-state index contributed by atoms with van der Waals surface area (Å²) in [6.07, 6.45) is 5.33. The highest BCUT2D eigenvalue weighted by atomic mass is 16.1. The maximum Gasteiger partial charge on any atom is 0.256 e. The Balaban J connectivity index is 2.06. The molecule has 100 valence electrons. The zero-order chi connectivity index (χ0) is 13.0. The second-order valence-electron chi connectivity index (χ2n) is 5.14. The number of nitrogens with one attached hydrogen (secondary N) is 2. The second kappa shape index (κ2) is 6.00. The number of aromatic nitrogens is 2. The van der Waals surface area contributed by atoms with E-state index in [0.29, 0.717) is 24.1 Å². The minimum Gasteiger partial charge on any atom is -0.342 e. The number of rotatable bonds is 4. The summed E-state index contributed by atoms with van der Waals surface area (Å²) in [5.41, 5.74) is 0.670. The van der Waals surface area contributed by atoms with Gasteiger partial charge in [0.15, 0.2) is 0 Å². The molecule has 0 atom stereocenters. The van der Waals surface area contributed by atoms with Gasteiger partial charge in [-0.2, -0.15) is 0 Å². The molecule has 1 fully saturated rings. The zero-order valence-corrected chi connectivity index (χ0v) is 11.2. The Morgan fingerprint density at radius 1 is 1.39 bits per heavy atom. The van der Waals surface area contributed by atoms with Gasteiger partial charge in [-0.25, -0.2) is 4.98 Å². The fraction of sp³-hybridized carbons (Fsp3) is 0.692. The molecule has 0 spiro atoms. The summed E-state index contributed by atoms with van der Waals surface area (Å²) in [6.45, 7) is 6.67. The molecule has 5 nitrogen and oxygen atoms in total. The number of aromatic amines is 1. The second-order valence-corrected chi connectivity index (χ2v) is 5.14. The van der Waals surface area contributed by atoms with Crippen molar-refractivity contribution in [3.05, 3.63) is 22.1 Å². The minimum atomic E-state index is -0.0290. The van der Waals surface area contributed by atoms with Crippen LogP contribution >= 0.6 is 0 Å². The van der Waals surface area contributed by atoms with Gasteiger partial charge < -0.3 is 10.2 Å². The monoisotopic (exact) mass is 250 g/mol. The quantitative estimate of drug-likeness (QED) is 0.844. The molecule has 1 aliphatic rings. The number of piperidine rings is 1. The third-order valence-electron chi connectivity index (χ3n) is 3.22. The SMILES string of the molecule is CC(C)NCc1cnc(N2CCCCC2)[nH]c1=O. The van der Waals surface area contributed by atoms with E-state index >= 15 is 0 Å². The van der Waals surface area contributed by atoms with Crippen LogP contribution in [-0.2, 0) is 6.54 Å². The van der Waals surface area contributed by atoms with Crippen molar-refractivity contribution in [3.63, 3.8) is 0 Å². The molecule has 2 heterocycles. The third-order valence-corrected chi connectivity index (χ3v) is 3.22. The van der Waals surface area contributed by atoms with Gasteiger partial charge in [-0.15, -0.1) is 0 Å². The van der Waals surface area contributed by atoms with Gasteiger partial charge >= 0.3 is 0 Å². The summed E-state index contributed by atoms with van der Waals surface area (Å²) in [6, 6.07) is 0.367. The van der Waals surface area contributed by atoms with Crippen molar-refractivity contribution in [2.24, 2.45) is 0 Å². The Hall–Kier alpha value is -1.36. The predicted octanol–water partition coefficient (Wildman–Crippen LogP) is 1.26. The van der Waals surface area contributed by atoms with Crippen molar-refractivity contribution in [2.45, 2.75) is 45.7 Å². The van der Waals surface area contributed by atoms with Crippen LogP contribution < -0.4 is 15.8 Å². The van der Waals surface area contributed by atoms with Crippen LogP contribution in [0.1, 0.15) is 38.7 Å². The molecule has 1 aliphatic heterocycles. The third kappa shape index (κ3) is 3.32. The lowest BCUT2D eigenvalue weighted by Gasteiger charge is -2.26. The van der Waals surface area contributed by atoms with E-state index in [1.54, 1.807) is 6.20 Å². The number of hydrogen-bond donors (Lipinski definition) is 2. The van der Waals surface area contributed by atoms with Crippen molar-refractivity contribution in [1.29, 1.82) is 0 Å². The van der Waals surface area contributed by atoms with E-state index in [-0.39, 0.29) is 5.56 Å². The molecule has 2 rings (SSSR count). The van der Waals surface area contributed by atoms with Crippen molar-refractivity contribution >= 4 is 5.95 Å². The highest BCUT2D eigenvalue weighted by Gasteiger charge is 2.13. The molecule has 2 N–H and O–H groups in total. The molecule has 0 amide bonds. The van der Waals surface area contributed by atoms with Gasteiger partial charge in [0.2, 0.25) is 5.95 Å². The van der Waals surface area contributed by atoms with Crippen molar-refractivity contribution in [3.8, 4) is 0 Å². The first-order chi connectivity index (χ1) is 8.66. The largest absolute Gasteiger partial charge is 0.342 e. The van der Waals surface area contributed by atoms with Crippen LogP contribution in [0.3, 0.4) is 0 Å². The molecule has 0 bridgehead atoms. The molecule has 0 unspecified atom stereocenters. The average Bonchev–Trinajstić information content (AvgIpc) is 2.38. The van der Waals surface area contributed by atoms with Gasteiger partial charge in [0.25, 0.3) is 5.56 Å². The molecule has 0 radical (unpaired) electrons. The van der Waals surface area contributed by atoms with E-state index in [9.17, 15) is 4.79 Å². The molecule has 1 aromatic rings. The van der Waals surface area contributed by atoms with E-state index in [2.05, 4.69) is 34.0 Å². The van der Waals surface area contributed by atoms with Gasteiger partial charge in [-0.3, -0.25) is 9.78 Å². The summed E-state index contributed by atoms with van der Waals surface area (Å²) in [5.74, 6) is 0.716. The lowest BCUT2D eigenvalue weighted by Crippen LogP contribution is -2.33. The van der Waals surface area contributed by atoms with Crippen LogP contribution in [0.5, 0.6) is 0 Å². The van der Waals surface area contributed by atoms with E-state index in [0.717, 1.165) is 13.1 Å². The average molecular weight is 250 g/mol. The summed E-state index contributed by atoms with van der Waals surface area (Å²) >= 11 is 0. The summed E-state index contributed by atoms with van der Waals surface area (Å²) in [4.78, 5) is 21.4. The Morgan fingerprint density at radius 2 is 2.11 bits per heavy atom. The molecule has 1 aromatic heterocycles. The van der Waals surface area contributed by atoms with Crippen molar-refractivity contribution < 1.29 is 0 Å². The molecule has 1 saturated heterocycles. The minimum absolute atomic E-state index is 0.0290. The number of nitrogens with zero attached hydrogens (tertiary/aromatic N) is 2. The van der Waals surface area contributed by atoms with Crippen molar-refractivity contribution in [2.75, 3.05) is 18.0 Å². The molecule has 0 aromatic carbocycles. The maximum atomic E-state index is 11.9.